The Morgan fingerprint density at radius 2 is 1.95 bits per heavy atom. The van der Waals surface area contributed by atoms with E-state index in [2.05, 4.69) is 5.32 Å². The molecule has 0 aliphatic carbocycles. The summed E-state index contributed by atoms with van der Waals surface area (Å²) in [7, 11) is 0. The van der Waals surface area contributed by atoms with Crippen LogP contribution in [0.2, 0.25) is 0 Å². The molecule has 0 atom stereocenters. The summed E-state index contributed by atoms with van der Waals surface area (Å²) in [6.45, 7) is 1.75. The minimum absolute atomic E-state index is 0.135. The van der Waals surface area contributed by atoms with Crippen LogP contribution in [-0.4, -0.2) is 11.8 Å². The van der Waals surface area contributed by atoms with Gasteiger partial charge in [0.25, 0.3) is 5.91 Å². The molecule has 0 radical (unpaired) electrons. The zero-order valence-electron chi connectivity index (χ0n) is 10.5. The van der Waals surface area contributed by atoms with Gasteiger partial charge < -0.3 is 11.1 Å². The van der Waals surface area contributed by atoms with E-state index in [-0.39, 0.29) is 5.91 Å². The lowest BCUT2D eigenvalue weighted by atomic mass is 10.0. The predicted molar refractivity (Wildman–Crippen MR) is 77.2 cm³/mol. The molecule has 0 saturated heterocycles. The highest BCUT2D eigenvalue weighted by atomic mass is 32.1. The Bertz CT molecular complexity index is 605. The third-order valence-corrected chi connectivity index (χ3v) is 3.59. The molecule has 1 aromatic carbocycles. The van der Waals surface area contributed by atoms with E-state index in [4.69, 9.17) is 5.73 Å². The van der Waals surface area contributed by atoms with Gasteiger partial charge >= 0.3 is 0 Å². The van der Waals surface area contributed by atoms with Gasteiger partial charge in [-0.3, -0.25) is 9.59 Å². The fourth-order valence-corrected chi connectivity index (χ4v) is 2.73. The van der Waals surface area contributed by atoms with Gasteiger partial charge in [0, 0.05) is 17.4 Å². The Labute approximate surface area is 115 Å². The molecule has 2 amide bonds. The molecule has 2 rings (SSSR count). The van der Waals surface area contributed by atoms with E-state index in [1.165, 1.54) is 11.3 Å². The number of primary amides is 1. The summed E-state index contributed by atoms with van der Waals surface area (Å²) in [4.78, 5) is 23.1. The maximum absolute atomic E-state index is 11.6. The van der Waals surface area contributed by atoms with Crippen LogP contribution in [0.5, 0.6) is 0 Å². The zero-order valence-corrected chi connectivity index (χ0v) is 11.3. The van der Waals surface area contributed by atoms with Crippen LogP contribution >= 0.6 is 11.3 Å². The lowest BCUT2D eigenvalue weighted by Gasteiger charge is -2.05. The minimum Gasteiger partial charge on any atom is -0.365 e. The highest BCUT2D eigenvalue weighted by molar-refractivity contribution is 7.15. The van der Waals surface area contributed by atoms with Gasteiger partial charge in [-0.2, -0.15) is 0 Å². The molecule has 3 N–H and O–H groups in total. The van der Waals surface area contributed by atoms with Gasteiger partial charge in [0.15, 0.2) is 0 Å². The van der Waals surface area contributed by atoms with Crippen molar-refractivity contribution in [1.29, 1.82) is 0 Å². The van der Waals surface area contributed by atoms with Gasteiger partial charge in [-0.25, -0.2) is 0 Å². The molecule has 0 unspecified atom stereocenters. The molecule has 0 aliphatic rings. The van der Waals surface area contributed by atoms with Crippen molar-refractivity contribution in [2.45, 2.75) is 13.3 Å². The van der Waals surface area contributed by atoms with Crippen LogP contribution < -0.4 is 11.1 Å². The molecule has 2 aromatic rings. The monoisotopic (exact) mass is 274 g/mol. The Hall–Kier alpha value is -2.14. The van der Waals surface area contributed by atoms with Crippen LogP contribution in [0, 0.1) is 0 Å². The molecule has 0 saturated carbocycles. The number of thiophene rings is 1. The molecule has 0 fully saturated rings. The molecule has 98 valence electrons. The number of nitrogens with two attached hydrogens (primary N) is 1. The minimum atomic E-state index is -0.536. The molecule has 5 heteroatoms. The molecular weight excluding hydrogens is 260 g/mol. The number of anilines is 1. The number of benzene rings is 1. The van der Waals surface area contributed by atoms with Crippen molar-refractivity contribution in [2.75, 3.05) is 5.32 Å². The molecule has 1 heterocycles. The summed E-state index contributed by atoms with van der Waals surface area (Å²) in [5.41, 5.74) is 7.47. The van der Waals surface area contributed by atoms with Crippen LogP contribution in [0.1, 0.15) is 23.7 Å². The Kier molecular flexibility index (Phi) is 3.97. The zero-order chi connectivity index (χ0) is 13.8. The normalized spacial score (nSPS) is 10.2. The van der Waals surface area contributed by atoms with Gasteiger partial charge in [-0.05, 0) is 5.56 Å². The van der Waals surface area contributed by atoms with E-state index in [0.717, 1.165) is 11.1 Å². The second-order valence-corrected chi connectivity index (χ2v) is 4.87. The number of hydrogen-bond acceptors (Lipinski definition) is 3. The summed E-state index contributed by atoms with van der Waals surface area (Å²) in [5.74, 6) is -0.671. The van der Waals surface area contributed by atoms with E-state index in [1.807, 2.05) is 35.7 Å². The lowest BCUT2D eigenvalue weighted by molar-refractivity contribution is -0.115. The number of rotatable bonds is 4. The largest absolute Gasteiger partial charge is 0.365 e. The van der Waals surface area contributed by atoms with Gasteiger partial charge in [0.1, 0.15) is 5.00 Å². The average Bonchev–Trinajstić information content (AvgIpc) is 2.83. The van der Waals surface area contributed by atoms with Crippen molar-refractivity contribution >= 4 is 28.2 Å². The molecule has 0 aliphatic heterocycles. The molecule has 4 nitrogen and oxygen atoms in total. The molecular formula is C14H14N2O2S. The predicted octanol–water partition coefficient (Wildman–Crippen LogP) is 2.86. The summed E-state index contributed by atoms with van der Waals surface area (Å²) < 4.78 is 0. The maximum atomic E-state index is 11.6. The van der Waals surface area contributed by atoms with Crippen LogP contribution in [-0.2, 0) is 4.79 Å². The average molecular weight is 274 g/mol. The summed E-state index contributed by atoms with van der Waals surface area (Å²) in [6, 6.07) is 9.49. The quantitative estimate of drug-likeness (QED) is 0.899. The van der Waals surface area contributed by atoms with E-state index >= 15 is 0 Å². The third-order valence-electron chi connectivity index (χ3n) is 2.70. The SMILES string of the molecule is CCC(=O)Nc1scc(-c2ccccc2)c1C(N)=O. The molecule has 1 aromatic heterocycles. The van der Waals surface area contributed by atoms with E-state index in [1.54, 1.807) is 6.92 Å². The first kappa shape index (κ1) is 13.3. The van der Waals surface area contributed by atoms with Crippen molar-refractivity contribution in [3.8, 4) is 11.1 Å². The van der Waals surface area contributed by atoms with E-state index in [0.29, 0.717) is 17.0 Å². The van der Waals surface area contributed by atoms with Gasteiger partial charge in [0.2, 0.25) is 5.91 Å². The molecule has 19 heavy (non-hydrogen) atoms. The smallest absolute Gasteiger partial charge is 0.252 e. The number of carbonyl (C=O) groups excluding carboxylic acids is 2. The van der Waals surface area contributed by atoms with Crippen molar-refractivity contribution in [2.24, 2.45) is 5.73 Å². The molecule has 0 spiro atoms. The standard InChI is InChI=1S/C14H14N2O2S/c1-2-11(17)16-14-12(13(15)18)10(8-19-14)9-6-4-3-5-7-9/h3-8H,2H2,1H3,(H2,15,18)(H,16,17). The summed E-state index contributed by atoms with van der Waals surface area (Å²) >= 11 is 1.31. The second-order valence-electron chi connectivity index (χ2n) is 3.99. The van der Waals surface area contributed by atoms with Gasteiger partial charge in [-0.15, -0.1) is 11.3 Å². The summed E-state index contributed by atoms with van der Waals surface area (Å²) in [6.07, 6.45) is 0.358. The van der Waals surface area contributed by atoms with Crippen molar-refractivity contribution in [3.63, 3.8) is 0 Å². The Balaban J connectivity index is 2.46. The van der Waals surface area contributed by atoms with Crippen molar-refractivity contribution in [1.82, 2.24) is 0 Å². The van der Waals surface area contributed by atoms with Crippen LogP contribution in [0.15, 0.2) is 35.7 Å². The Morgan fingerprint density at radius 3 is 2.53 bits per heavy atom. The van der Waals surface area contributed by atoms with Crippen LogP contribution in [0.3, 0.4) is 0 Å². The fraction of sp³-hybridized carbons (Fsp3) is 0.143. The first-order valence-electron chi connectivity index (χ1n) is 5.90. The fourth-order valence-electron chi connectivity index (χ4n) is 1.74. The van der Waals surface area contributed by atoms with E-state index in [9.17, 15) is 9.59 Å². The van der Waals surface area contributed by atoms with Gasteiger partial charge in [-0.1, -0.05) is 37.3 Å². The van der Waals surface area contributed by atoms with Crippen LogP contribution in [0.25, 0.3) is 11.1 Å². The molecule has 0 bridgehead atoms. The number of carbonyl (C=O) groups is 2. The first-order valence-corrected chi connectivity index (χ1v) is 6.78. The highest BCUT2D eigenvalue weighted by Crippen LogP contribution is 2.35. The lowest BCUT2D eigenvalue weighted by Crippen LogP contribution is -2.16. The number of hydrogen-bond donors (Lipinski definition) is 2. The van der Waals surface area contributed by atoms with E-state index < -0.39 is 5.91 Å². The first-order chi connectivity index (χ1) is 9.13. The van der Waals surface area contributed by atoms with Crippen LogP contribution in [0.4, 0.5) is 5.00 Å². The van der Waals surface area contributed by atoms with Gasteiger partial charge in [0.05, 0.1) is 5.56 Å². The van der Waals surface area contributed by atoms with Crippen molar-refractivity contribution < 1.29 is 9.59 Å². The Morgan fingerprint density at radius 1 is 1.26 bits per heavy atom. The topological polar surface area (TPSA) is 72.2 Å². The highest BCUT2D eigenvalue weighted by Gasteiger charge is 2.18. The number of nitrogens with one attached hydrogen (secondary N) is 1. The third kappa shape index (κ3) is 2.82. The number of amides is 2. The van der Waals surface area contributed by atoms with Crippen molar-refractivity contribution in [3.05, 3.63) is 41.3 Å². The summed E-state index contributed by atoms with van der Waals surface area (Å²) in [5, 5.41) is 5.06. The maximum Gasteiger partial charge on any atom is 0.252 e. The second kappa shape index (κ2) is 5.67.